The molecule has 13 heavy (non-hydrogen) atoms. The molecule has 0 saturated heterocycles. The van der Waals surface area contributed by atoms with Crippen molar-refractivity contribution in [3.05, 3.63) is 12.2 Å². The molecule has 0 fully saturated rings. The van der Waals surface area contributed by atoms with E-state index >= 15 is 0 Å². The molecule has 2 N–H and O–H groups in total. The van der Waals surface area contributed by atoms with Gasteiger partial charge in [0.15, 0.2) is 0 Å². The fourth-order valence-corrected chi connectivity index (χ4v) is 0.993. The minimum Gasteiger partial charge on any atom is -0.468 e. The van der Waals surface area contributed by atoms with Crippen LogP contribution in [0.1, 0.15) is 26.7 Å². The molecule has 1 unspecified atom stereocenters. The van der Waals surface area contributed by atoms with Crippen LogP contribution in [0.25, 0.3) is 0 Å². The molecular formula is C10H19NO2. The molecule has 0 spiro atoms. The quantitative estimate of drug-likeness (QED) is 0.521. The number of hydrogen-bond donors (Lipinski definition) is 1. The predicted molar refractivity (Wildman–Crippen MR) is 53.2 cm³/mol. The molecule has 0 aromatic rings. The Hall–Kier alpha value is -0.830. The molecule has 0 aromatic heterocycles. The SMILES string of the molecule is CC/C=C\CC(C)[C@H](N)C(=O)OC. The van der Waals surface area contributed by atoms with Gasteiger partial charge in [-0.15, -0.1) is 0 Å². The topological polar surface area (TPSA) is 52.3 Å². The maximum Gasteiger partial charge on any atom is 0.322 e. The fraction of sp³-hybridized carbons (Fsp3) is 0.700. The molecule has 0 amide bonds. The van der Waals surface area contributed by atoms with Crippen LogP contribution in [-0.2, 0) is 9.53 Å². The van der Waals surface area contributed by atoms with Crippen molar-refractivity contribution >= 4 is 5.97 Å². The average molecular weight is 185 g/mol. The zero-order valence-corrected chi connectivity index (χ0v) is 8.62. The first-order chi connectivity index (χ1) is 6.13. The van der Waals surface area contributed by atoms with Crippen molar-refractivity contribution in [2.24, 2.45) is 11.7 Å². The zero-order chi connectivity index (χ0) is 10.3. The Labute approximate surface area is 79.9 Å². The number of esters is 1. The van der Waals surface area contributed by atoms with Gasteiger partial charge in [0.2, 0.25) is 0 Å². The normalized spacial score (nSPS) is 15.7. The van der Waals surface area contributed by atoms with Gasteiger partial charge >= 0.3 is 5.97 Å². The Balaban J connectivity index is 3.88. The maximum atomic E-state index is 11.0. The van der Waals surface area contributed by atoms with E-state index in [0.29, 0.717) is 0 Å². The van der Waals surface area contributed by atoms with Crippen molar-refractivity contribution in [3.8, 4) is 0 Å². The van der Waals surface area contributed by atoms with Crippen LogP contribution >= 0.6 is 0 Å². The van der Waals surface area contributed by atoms with Gasteiger partial charge in [0.05, 0.1) is 7.11 Å². The molecule has 0 heterocycles. The summed E-state index contributed by atoms with van der Waals surface area (Å²) in [6.45, 7) is 4.02. The summed E-state index contributed by atoms with van der Waals surface area (Å²) in [5.74, 6) is -0.201. The third-order valence-electron chi connectivity index (χ3n) is 2.00. The van der Waals surface area contributed by atoms with Gasteiger partial charge in [-0.25, -0.2) is 0 Å². The summed E-state index contributed by atoms with van der Waals surface area (Å²) in [6.07, 6.45) is 5.96. The molecule has 3 heteroatoms. The molecule has 0 saturated carbocycles. The maximum absolute atomic E-state index is 11.0. The van der Waals surface area contributed by atoms with E-state index in [1.165, 1.54) is 7.11 Å². The van der Waals surface area contributed by atoms with Crippen LogP contribution in [0.15, 0.2) is 12.2 Å². The highest BCUT2D eigenvalue weighted by Gasteiger charge is 2.19. The van der Waals surface area contributed by atoms with Crippen LogP contribution in [0.5, 0.6) is 0 Å². The van der Waals surface area contributed by atoms with E-state index in [1.54, 1.807) is 0 Å². The highest BCUT2D eigenvalue weighted by atomic mass is 16.5. The van der Waals surface area contributed by atoms with Crippen LogP contribution in [0, 0.1) is 5.92 Å². The molecule has 0 radical (unpaired) electrons. The number of carbonyl (C=O) groups is 1. The van der Waals surface area contributed by atoms with E-state index in [2.05, 4.69) is 17.7 Å². The van der Waals surface area contributed by atoms with E-state index in [1.807, 2.05) is 13.0 Å². The van der Waals surface area contributed by atoms with E-state index in [9.17, 15) is 4.79 Å². The molecule has 3 nitrogen and oxygen atoms in total. The summed E-state index contributed by atoms with van der Waals surface area (Å²) >= 11 is 0. The van der Waals surface area contributed by atoms with Gasteiger partial charge < -0.3 is 10.5 Å². The molecule has 0 aliphatic heterocycles. The Kier molecular flexibility index (Phi) is 6.24. The molecule has 0 aliphatic carbocycles. The van der Waals surface area contributed by atoms with Crippen molar-refractivity contribution < 1.29 is 9.53 Å². The van der Waals surface area contributed by atoms with Gasteiger partial charge in [-0.2, -0.15) is 0 Å². The number of hydrogen-bond acceptors (Lipinski definition) is 3. The second-order valence-corrected chi connectivity index (χ2v) is 3.14. The van der Waals surface area contributed by atoms with Crippen molar-refractivity contribution in [2.45, 2.75) is 32.7 Å². The summed E-state index contributed by atoms with van der Waals surface area (Å²) in [6, 6.07) is -0.508. The van der Waals surface area contributed by atoms with Crippen LogP contribution in [-0.4, -0.2) is 19.1 Å². The zero-order valence-electron chi connectivity index (χ0n) is 8.62. The Morgan fingerprint density at radius 2 is 2.15 bits per heavy atom. The summed E-state index contributed by atoms with van der Waals surface area (Å²) in [4.78, 5) is 11.0. The predicted octanol–water partition coefficient (Wildman–Crippen LogP) is 1.48. The van der Waals surface area contributed by atoms with E-state index in [4.69, 9.17) is 5.73 Å². The Morgan fingerprint density at radius 3 is 2.62 bits per heavy atom. The van der Waals surface area contributed by atoms with Gasteiger partial charge in [0, 0.05) is 0 Å². The number of allylic oxidation sites excluding steroid dienone is 2. The first-order valence-corrected chi connectivity index (χ1v) is 4.61. The van der Waals surface area contributed by atoms with Crippen LogP contribution in [0.3, 0.4) is 0 Å². The molecule has 0 aromatic carbocycles. The lowest BCUT2D eigenvalue weighted by molar-refractivity contribution is -0.143. The van der Waals surface area contributed by atoms with Gasteiger partial charge in [0.25, 0.3) is 0 Å². The number of carbonyl (C=O) groups excluding carboxylic acids is 1. The van der Waals surface area contributed by atoms with Crippen LogP contribution in [0.2, 0.25) is 0 Å². The molecule has 0 aliphatic rings. The second-order valence-electron chi connectivity index (χ2n) is 3.14. The lowest BCUT2D eigenvalue weighted by atomic mass is 9.99. The average Bonchev–Trinajstić information content (AvgIpc) is 2.15. The van der Waals surface area contributed by atoms with Crippen molar-refractivity contribution in [1.82, 2.24) is 0 Å². The lowest BCUT2D eigenvalue weighted by Gasteiger charge is -2.15. The van der Waals surface area contributed by atoms with E-state index in [-0.39, 0.29) is 11.9 Å². The summed E-state index contributed by atoms with van der Waals surface area (Å²) < 4.78 is 4.55. The smallest absolute Gasteiger partial charge is 0.322 e. The van der Waals surface area contributed by atoms with Crippen molar-refractivity contribution in [1.29, 1.82) is 0 Å². The molecule has 2 atom stereocenters. The van der Waals surface area contributed by atoms with Crippen LogP contribution in [0.4, 0.5) is 0 Å². The Morgan fingerprint density at radius 1 is 1.54 bits per heavy atom. The first kappa shape index (κ1) is 12.2. The van der Waals surface area contributed by atoms with Gasteiger partial charge in [0.1, 0.15) is 6.04 Å². The number of nitrogens with two attached hydrogens (primary N) is 1. The highest BCUT2D eigenvalue weighted by molar-refractivity contribution is 5.75. The number of methoxy groups -OCH3 is 1. The van der Waals surface area contributed by atoms with Crippen molar-refractivity contribution in [2.75, 3.05) is 7.11 Å². The van der Waals surface area contributed by atoms with Gasteiger partial charge in [-0.05, 0) is 18.8 Å². The van der Waals surface area contributed by atoms with E-state index in [0.717, 1.165) is 12.8 Å². The number of rotatable bonds is 5. The second kappa shape index (κ2) is 6.66. The molecular weight excluding hydrogens is 166 g/mol. The van der Waals surface area contributed by atoms with Crippen molar-refractivity contribution in [3.63, 3.8) is 0 Å². The fourth-order valence-electron chi connectivity index (χ4n) is 0.993. The summed E-state index contributed by atoms with van der Waals surface area (Å²) in [5, 5.41) is 0. The number of ether oxygens (including phenoxy) is 1. The standard InChI is InChI=1S/C10H19NO2/c1-4-5-6-7-8(2)9(11)10(12)13-3/h5-6,8-9H,4,7,11H2,1-3H3/b6-5-/t8?,9-/m0/s1. The van der Waals surface area contributed by atoms with Gasteiger partial charge in [-0.1, -0.05) is 26.0 Å². The lowest BCUT2D eigenvalue weighted by Crippen LogP contribution is -2.37. The minimum atomic E-state index is -0.508. The largest absolute Gasteiger partial charge is 0.468 e. The summed E-state index contributed by atoms with van der Waals surface area (Å²) in [7, 11) is 1.36. The Bertz CT molecular complexity index is 178. The molecule has 0 rings (SSSR count). The first-order valence-electron chi connectivity index (χ1n) is 4.61. The molecule has 0 bridgehead atoms. The van der Waals surface area contributed by atoms with Gasteiger partial charge in [-0.3, -0.25) is 4.79 Å². The molecule has 76 valence electrons. The third kappa shape index (κ3) is 4.68. The summed E-state index contributed by atoms with van der Waals surface area (Å²) in [5.41, 5.74) is 5.65. The monoisotopic (exact) mass is 185 g/mol. The van der Waals surface area contributed by atoms with E-state index < -0.39 is 6.04 Å². The third-order valence-corrected chi connectivity index (χ3v) is 2.00. The van der Waals surface area contributed by atoms with Crippen LogP contribution < -0.4 is 5.73 Å². The minimum absolute atomic E-state index is 0.134. The highest BCUT2D eigenvalue weighted by Crippen LogP contribution is 2.08.